The number of halogens is 3. The Hall–Kier alpha value is -3.44. The molecule has 0 radical (unpaired) electrons. The van der Waals surface area contributed by atoms with Gasteiger partial charge in [-0.1, -0.05) is 24.9 Å². The molecule has 9 nitrogen and oxygen atoms in total. The fourth-order valence-electron chi connectivity index (χ4n) is 5.85. The van der Waals surface area contributed by atoms with Crippen molar-refractivity contribution in [1.82, 2.24) is 20.4 Å². The summed E-state index contributed by atoms with van der Waals surface area (Å²) in [6.45, 7) is 1.34. The van der Waals surface area contributed by atoms with Crippen molar-refractivity contribution in [2.45, 2.75) is 83.1 Å². The number of imide groups is 1. The number of carbonyl (C=O) groups is 3. The molecule has 37 heavy (non-hydrogen) atoms. The van der Waals surface area contributed by atoms with Gasteiger partial charge in [0.1, 0.15) is 6.04 Å². The fraction of sp³-hybridized carbons (Fsp3) is 0.560. The maximum Gasteiger partial charge on any atom is 0.416 e. The molecule has 2 fully saturated rings. The van der Waals surface area contributed by atoms with E-state index in [1.165, 1.54) is 25.3 Å². The number of carbonyl (C=O) groups excluding carboxylic acids is 3. The van der Waals surface area contributed by atoms with E-state index in [4.69, 9.17) is 4.42 Å². The number of fused-ring (bicyclic) bond motifs is 1. The van der Waals surface area contributed by atoms with E-state index in [0.29, 0.717) is 17.7 Å². The molecule has 198 valence electrons. The third-order valence-corrected chi connectivity index (χ3v) is 7.88. The van der Waals surface area contributed by atoms with Crippen LogP contribution in [0.25, 0.3) is 0 Å². The van der Waals surface area contributed by atoms with Gasteiger partial charge in [0, 0.05) is 24.6 Å². The van der Waals surface area contributed by atoms with E-state index in [-0.39, 0.29) is 54.5 Å². The van der Waals surface area contributed by atoms with Crippen molar-refractivity contribution >= 4 is 24.2 Å². The Morgan fingerprint density at radius 3 is 2.68 bits per heavy atom. The molecule has 2 aliphatic carbocycles. The molecule has 0 bridgehead atoms. The van der Waals surface area contributed by atoms with E-state index >= 15 is 0 Å². The lowest BCUT2D eigenvalue weighted by Gasteiger charge is -2.53. The Kier molecular flexibility index (Phi) is 6.45. The van der Waals surface area contributed by atoms with Crippen LogP contribution in [0, 0.1) is 5.41 Å². The Balaban J connectivity index is 1.33. The second-order valence-electron chi connectivity index (χ2n) is 10.3. The second kappa shape index (κ2) is 9.46. The highest BCUT2D eigenvalue weighted by molar-refractivity contribution is 6.02. The minimum Gasteiger partial charge on any atom is -0.408 e. The monoisotopic (exact) mass is 519 g/mol. The van der Waals surface area contributed by atoms with Crippen molar-refractivity contribution in [1.29, 1.82) is 0 Å². The first-order valence-corrected chi connectivity index (χ1v) is 12.5. The Labute approximate surface area is 211 Å². The van der Waals surface area contributed by atoms with Crippen LogP contribution in [0.3, 0.4) is 0 Å². The van der Waals surface area contributed by atoms with Crippen LogP contribution in [0.1, 0.15) is 90.7 Å². The molecule has 2 aromatic rings. The highest BCUT2D eigenvalue weighted by atomic mass is 19.4. The van der Waals surface area contributed by atoms with Gasteiger partial charge in [0.15, 0.2) is 0 Å². The van der Waals surface area contributed by atoms with Gasteiger partial charge in [-0.2, -0.15) is 13.2 Å². The molecular formula is C25H28F3N5O4. The van der Waals surface area contributed by atoms with Crippen molar-refractivity contribution < 1.29 is 32.0 Å². The van der Waals surface area contributed by atoms with E-state index in [1.807, 2.05) is 5.32 Å². The minimum absolute atomic E-state index is 0.0656. The molecular weight excluding hydrogens is 491 g/mol. The number of anilines is 1. The van der Waals surface area contributed by atoms with Gasteiger partial charge in [-0.05, 0) is 60.8 Å². The molecule has 0 saturated heterocycles. The van der Waals surface area contributed by atoms with Gasteiger partial charge < -0.3 is 14.6 Å². The van der Waals surface area contributed by atoms with Crippen LogP contribution >= 0.6 is 0 Å². The predicted molar refractivity (Wildman–Crippen MR) is 124 cm³/mol. The number of benzene rings is 1. The Morgan fingerprint density at radius 1 is 1.30 bits per heavy atom. The number of alkyl halides is 3. The number of nitrogens with zero attached hydrogens (tertiary/aromatic N) is 3. The molecule has 1 aromatic heterocycles. The molecule has 12 heteroatoms. The van der Waals surface area contributed by atoms with Gasteiger partial charge in [0.05, 0.1) is 5.56 Å². The fourth-order valence-corrected chi connectivity index (χ4v) is 5.85. The van der Waals surface area contributed by atoms with Crippen molar-refractivity contribution in [3.05, 3.63) is 40.3 Å². The lowest BCUT2D eigenvalue weighted by Crippen LogP contribution is -2.46. The maximum absolute atomic E-state index is 14.0. The normalized spacial score (nSPS) is 19.2. The highest BCUT2D eigenvalue weighted by Gasteiger charge is 2.50. The third kappa shape index (κ3) is 4.69. The highest BCUT2D eigenvalue weighted by Crippen LogP contribution is 2.61. The lowest BCUT2D eigenvalue weighted by molar-refractivity contribution is -0.138. The molecule has 2 N–H and O–H groups in total. The van der Waals surface area contributed by atoms with Gasteiger partial charge in [-0.3, -0.25) is 19.7 Å². The van der Waals surface area contributed by atoms with E-state index in [2.05, 4.69) is 15.5 Å². The number of nitrogens with one attached hydrogen (secondary N) is 2. The van der Waals surface area contributed by atoms with Gasteiger partial charge in [0.25, 0.3) is 5.91 Å². The molecule has 3 aliphatic rings. The minimum atomic E-state index is -4.71. The Bertz CT molecular complexity index is 1220. The van der Waals surface area contributed by atoms with Crippen molar-refractivity contribution in [2.24, 2.45) is 5.41 Å². The predicted octanol–water partition coefficient (Wildman–Crippen LogP) is 4.15. The average molecular weight is 520 g/mol. The standard InChI is InChI=1S/C25H28F3N5O4/c1-2-4-19(20(35)30-13-34)33-12-17-16(22(33)36)7-14(8-18(17)25(26,27)28)11-29-23-32-31-21(37-23)15-9-24(10-15)5-3-6-24/h7-8,13,15,19H,2-6,9-12H2,1H3,(H,29,32)(H,30,34,35). The topological polar surface area (TPSA) is 117 Å². The number of hydrogen-bond donors (Lipinski definition) is 2. The first kappa shape index (κ1) is 25.2. The van der Waals surface area contributed by atoms with Crippen LogP contribution in [0.15, 0.2) is 16.5 Å². The van der Waals surface area contributed by atoms with Crippen LogP contribution in [0.2, 0.25) is 0 Å². The SMILES string of the molecule is CCCC(C(=O)NC=O)N1Cc2c(cc(CNc3nnc(C4CC5(CCC5)C4)o3)cc2C(F)(F)F)C1=O. The summed E-state index contributed by atoms with van der Waals surface area (Å²) in [7, 11) is 0. The number of aromatic nitrogens is 2. The summed E-state index contributed by atoms with van der Waals surface area (Å²) in [5.41, 5.74) is -0.581. The molecule has 1 aromatic carbocycles. The van der Waals surface area contributed by atoms with Crippen LogP contribution in [-0.4, -0.2) is 39.4 Å². The summed E-state index contributed by atoms with van der Waals surface area (Å²) in [6, 6.07) is 1.44. The van der Waals surface area contributed by atoms with Crippen LogP contribution < -0.4 is 10.6 Å². The summed E-state index contributed by atoms with van der Waals surface area (Å²) in [5, 5.41) is 13.0. The summed E-state index contributed by atoms with van der Waals surface area (Å²) in [4.78, 5) is 37.4. The zero-order chi connectivity index (χ0) is 26.4. The second-order valence-corrected chi connectivity index (χ2v) is 10.3. The zero-order valence-corrected chi connectivity index (χ0v) is 20.4. The van der Waals surface area contributed by atoms with Gasteiger partial charge in [-0.25, -0.2) is 0 Å². The van der Waals surface area contributed by atoms with E-state index in [9.17, 15) is 27.6 Å². The number of rotatable bonds is 9. The largest absolute Gasteiger partial charge is 0.416 e. The van der Waals surface area contributed by atoms with Gasteiger partial charge in [-0.15, -0.1) is 5.10 Å². The van der Waals surface area contributed by atoms with Gasteiger partial charge in [0.2, 0.25) is 18.2 Å². The first-order chi connectivity index (χ1) is 17.6. The van der Waals surface area contributed by atoms with E-state index < -0.39 is 29.6 Å². The van der Waals surface area contributed by atoms with Crippen LogP contribution in [0.4, 0.5) is 19.2 Å². The Morgan fingerprint density at radius 2 is 2.05 bits per heavy atom. The number of amides is 3. The average Bonchev–Trinajstić information content (AvgIpc) is 3.38. The summed E-state index contributed by atoms with van der Waals surface area (Å²) in [6.07, 6.45) is 1.97. The molecule has 2 saturated carbocycles. The summed E-state index contributed by atoms with van der Waals surface area (Å²) in [5.74, 6) is -0.658. The van der Waals surface area contributed by atoms with Gasteiger partial charge >= 0.3 is 12.2 Å². The van der Waals surface area contributed by atoms with Crippen LogP contribution in [-0.2, 0) is 28.9 Å². The quantitative estimate of drug-likeness (QED) is 0.478. The van der Waals surface area contributed by atoms with Crippen molar-refractivity contribution in [3.63, 3.8) is 0 Å². The van der Waals surface area contributed by atoms with Crippen molar-refractivity contribution in [2.75, 3.05) is 5.32 Å². The van der Waals surface area contributed by atoms with Crippen LogP contribution in [0.5, 0.6) is 0 Å². The first-order valence-electron chi connectivity index (χ1n) is 12.5. The lowest BCUT2D eigenvalue weighted by atomic mass is 9.52. The summed E-state index contributed by atoms with van der Waals surface area (Å²) < 4.78 is 47.7. The molecule has 2 heterocycles. The molecule has 1 atom stereocenters. The maximum atomic E-state index is 14.0. The molecule has 5 rings (SSSR count). The molecule has 3 amide bonds. The zero-order valence-electron chi connectivity index (χ0n) is 20.4. The molecule has 1 unspecified atom stereocenters. The molecule has 1 spiro atoms. The smallest absolute Gasteiger partial charge is 0.408 e. The van der Waals surface area contributed by atoms with Crippen molar-refractivity contribution in [3.8, 4) is 0 Å². The van der Waals surface area contributed by atoms with E-state index in [1.54, 1.807) is 6.92 Å². The van der Waals surface area contributed by atoms with E-state index in [0.717, 1.165) is 23.8 Å². The third-order valence-electron chi connectivity index (χ3n) is 7.88. The summed E-state index contributed by atoms with van der Waals surface area (Å²) >= 11 is 0. The number of hydrogen-bond acceptors (Lipinski definition) is 7. The molecule has 1 aliphatic heterocycles.